The largest absolute Gasteiger partial charge is 0.326 e. The van der Waals surface area contributed by atoms with Gasteiger partial charge < -0.3 is 5.32 Å². The normalized spacial score (nSPS) is 10.5. The van der Waals surface area contributed by atoms with Gasteiger partial charge in [0.25, 0.3) is 0 Å². The topological polar surface area (TPSA) is 29.1 Å². The molecular formula is C12H16ClNO. The number of hydrogen-bond acceptors (Lipinski definition) is 1. The molecule has 15 heavy (non-hydrogen) atoms. The van der Waals surface area contributed by atoms with Gasteiger partial charge >= 0.3 is 0 Å². The summed E-state index contributed by atoms with van der Waals surface area (Å²) >= 11 is 5.85. The van der Waals surface area contributed by atoms with Gasteiger partial charge in [-0.2, -0.15) is 0 Å². The molecule has 2 nitrogen and oxygen atoms in total. The maximum absolute atomic E-state index is 11.5. The Morgan fingerprint density at radius 2 is 2.13 bits per heavy atom. The standard InChI is InChI=1S/C12H16ClNO/c1-8(2)6-12(15)14-11-7-10(13)5-4-9(11)3/h4-5,7-8H,6H2,1-3H3,(H,14,15). The number of amides is 1. The minimum Gasteiger partial charge on any atom is -0.326 e. The molecule has 1 aromatic rings. The van der Waals surface area contributed by atoms with E-state index in [4.69, 9.17) is 11.6 Å². The molecule has 1 N–H and O–H groups in total. The van der Waals surface area contributed by atoms with Crippen molar-refractivity contribution in [2.24, 2.45) is 5.92 Å². The van der Waals surface area contributed by atoms with Crippen LogP contribution in [0.4, 0.5) is 5.69 Å². The van der Waals surface area contributed by atoms with Crippen molar-refractivity contribution in [2.45, 2.75) is 27.2 Å². The molecule has 0 saturated carbocycles. The quantitative estimate of drug-likeness (QED) is 0.836. The summed E-state index contributed by atoms with van der Waals surface area (Å²) in [6.07, 6.45) is 0.534. The Morgan fingerprint density at radius 1 is 1.47 bits per heavy atom. The lowest BCUT2D eigenvalue weighted by Gasteiger charge is -2.09. The second kappa shape index (κ2) is 5.17. The summed E-state index contributed by atoms with van der Waals surface area (Å²) in [5.41, 5.74) is 1.82. The van der Waals surface area contributed by atoms with Crippen LogP contribution in [0.15, 0.2) is 18.2 Å². The highest BCUT2D eigenvalue weighted by molar-refractivity contribution is 6.31. The third-order valence-electron chi connectivity index (χ3n) is 2.07. The SMILES string of the molecule is Cc1ccc(Cl)cc1NC(=O)CC(C)C. The maximum Gasteiger partial charge on any atom is 0.224 e. The van der Waals surface area contributed by atoms with Gasteiger partial charge in [0.2, 0.25) is 5.91 Å². The number of anilines is 1. The van der Waals surface area contributed by atoms with Gasteiger partial charge in [0.05, 0.1) is 0 Å². The lowest BCUT2D eigenvalue weighted by atomic mass is 10.1. The second-order valence-corrected chi connectivity index (χ2v) is 4.54. The van der Waals surface area contributed by atoms with E-state index >= 15 is 0 Å². The molecule has 82 valence electrons. The highest BCUT2D eigenvalue weighted by Crippen LogP contribution is 2.20. The Bertz CT molecular complexity index is 361. The van der Waals surface area contributed by atoms with Crippen LogP contribution in [-0.2, 0) is 4.79 Å². The summed E-state index contributed by atoms with van der Waals surface area (Å²) in [5, 5.41) is 3.50. The molecule has 0 heterocycles. The summed E-state index contributed by atoms with van der Waals surface area (Å²) in [6.45, 7) is 5.98. The van der Waals surface area contributed by atoms with Crippen LogP contribution in [0, 0.1) is 12.8 Å². The molecular weight excluding hydrogens is 210 g/mol. The Kier molecular flexibility index (Phi) is 4.15. The van der Waals surface area contributed by atoms with Crippen molar-refractivity contribution in [2.75, 3.05) is 5.32 Å². The van der Waals surface area contributed by atoms with E-state index in [9.17, 15) is 4.79 Å². The molecule has 1 amide bonds. The summed E-state index contributed by atoms with van der Waals surface area (Å²) in [4.78, 5) is 11.5. The smallest absolute Gasteiger partial charge is 0.224 e. The van der Waals surface area contributed by atoms with Crippen LogP contribution in [0.25, 0.3) is 0 Å². The third-order valence-corrected chi connectivity index (χ3v) is 2.30. The predicted octanol–water partition coefficient (Wildman–Crippen LogP) is 3.63. The Balaban J connectivity index is 2.71. The Hall–Kier alpha value is -1.02. The van der Waals surface area contributed by atoms with E-state index in [0.717, 1.165) is 11.3 Å². The lowest BCUT2D eigenvalue weighted by Crippen LogP contribution is -2.14. The molecule has 0 aliphatic heterocycles. The zero-order valence-corrected chi connectivity index (χ0v) is 10.1. The van der Waals surface area contributed by atoms with Gasteiger partial charge in [0.15, 0.2) is 0 Å². The van der Waals surface area contributed by atoms with Crippen molar-refractivity contribution in [1.82, 2.24) is 0 Å². The van der Waals surface area contributed by atoms with E-state index in [2.05, 4.69) is 5.32 Å². The number of aryl methyl sites for hydroxylation is 1. The fourth-order valence-corrected chi connectivity index (χ4v) is 1.47. The first kappa shape index (κ1) is 12.1. The lowest BCUT2D eigenvalue weighted by molar-refractivity contribution is -0.116. The van der Waals surface area contributed by atoms with Crippen molar-refractivity contribution in [1.29, 1.82) is 0 Å². The number of benzene rings is 1. The molecule has 0 aromatic heterocycles. The maximum atomic E-state index is 11.5. The number of nitrogens with one attached hydrogen (secondary N) is 1. The van der Waals surface area contributed by atoms with Crippen molar-refractivity contribution in [3.8, 4) is 0 Å². The molecule has 0 aliphatic rings. The average Bonchev–Trinajstić information content (AvgIpc) is 2.10. The van der Waals surface area contributed by atoms with E-state index in [1.54, 1.807) is 6.07 Å². The average molecular weight is 226 g/mol. The number of carbonyl (C=O) groups excluding carboxylic acids is 1. The fourth-order valence-electron chi connectivity index (χ4n) is 1.30. The van der Waals surface area contributed by atoms with E-state index in [1.807, 2.05) is 32.9 Å². The zero-order chi connectivity index (χ0) is 11.4. The highest BCUT2D eigenvalue weighted by atomic mass is 35.5. The molecule has 0 aliphatic carbocycles. The van der Waals surface area contributed by atoms with E-state index in [0.29, 0.717) is 17.4 Å². The van der Waals surface area contributed by atoms with Gasteiger partial charge in [-0.25, -0.2) is 0 Å². The summed E-state index contributed by atoms with van der Waals surface area (Å²) < 4.78 is 0. The number of rotatable bonds is 3. The van der Waals surface area contributed by atoms with E-state index in [1.165, 1.54) is 0 Å². The zero-order valence-electron chi connectivity index (χ0n) is 9.30. The molecule has 3 heteroatoms. The summed E-state index contributed by atoms with van der Waals surface area (Å²) in [5.74, 6) is 0.403. The molecule has 0 saturated heterocycles. The third kappa shape index (κ3) is 3.92. The minimum absolute atomic E-state index is 0.0374. The van der Waals surface area contributed by atoms with Gasteiger partial charge in [-0.3, -0.25) is 4.79 Å². The first-order valence-corrected chi connectivity index (χ1v) is 5.43. The van der Waals surface area contributed by atoms with Crippen LogP contribution in [0.1, 0.15) is 25.8 Å². The van der Waals surface area contributed by atoms with Gasteiger partial charge in [-0.1, -0.05) is 31.5 Å². The van der Waals surface area contributed by atoms with Crippen LogP contribution < -0.4 is 5.32 Å². The monoisotopic (exact) mass is 225 g/mol. The fraction of sp³-hybridized carbons (Fsp3) is 0.417. The van der Waals surface area contributed by atoms with Crippen molar-refractivity contribution in [3.63, 3.8) is 0 Å². The van der Waals surface area contributed by atoms with Crippen molar-refractivity contribution >= 4 is 23.2 Å². The van der Waals surface area contributed by atoms with Gasteiger partial charge in [0, 0.05) is 17.1 Å². The molecule has 1 rings (SSSR count). The molecule has 0 atom stereocenters. The molecule has 0 unspecified atom stereocenters. The molecule has 0 bridgehead atoms. The number of hydrogen-bond donors (Lipinski definition) is 1. The predicted molar refractivity (Wildman–Crippen MR) is 64.3 cm³/mol. The summed E-state index contributed by atoms with van der Waals surface area (Å²) in [7, 11) is 0. The van der Waals surface area contributed by atoms with Crippen LogP contribution in [0.3, 0.4) is 0 Å². The van der Waals surface area contributed by atoms with Crippen molar-refractivity contribution < 1.29 is 4.79 Å². The second-order valence-electron chi connectivity index (χ2n) is 4.11. The minimum atomic E-state index is 0.0374. The number of carbonyl (C=O) groups is 1. The van der Waals surface area contributed by atoms with Crippen LogP contribution >= 0.6 is 11.6 Å². The van der Waals surface area contributed by atoms with E-state index < -0.39 is 0 Å². The molecule has 0 spiro atoms. The molecule has 0 radical (unpaired) electrons. The van der Waals surface area contributed by atoms with E-state index in [-0.39, 0.29) is 5.91 Å². The molecule has 1 aromatic carbocycles. The molecule has 0 fully saturated rings. The highest BCUT2D eigenvalue weighted by Gasteiger charge is 2.07. The van der Waals surface area contributed by atoms with Crippen molar-refractivity contribution in [3.05, 3.63) is 28.8 Å². The summed E-state index contributed by atoms with van der Waals surface area (Å²) in [6, 6.07) is 5.48. The van der Waals surface area contributed by atoms with Gasteiger partial charge in [-0.15, -0.1) is 0 Å². The Morgan fingerprint density at radius 3 is 2.73 bits per heavy atom. The first-order valence-electron chi connectivity index (χ1n) is 5.05. The van der Waals surface area contributed by atoms with Gasteiger partial charge in [0.1, 0.15) is 0 Å². The Labute approximate surface area is 95.6 Å². The van der Waals surface area contributed by atoms with Crippen LogP contribution in [-0.4, -0.2) is 5.91 Å². The van der Waals surface area contributed by atoms with Crippen LogP contribution in [0.2, 0.25) is 5.02 Å². The number of halogens is 1. The first-order chi connectivity index (χ1) is 6.99. The van der Waals surface area contributed by atoms with Crippen LogP contribution in [0.5, 0.6) is 0 Å². The van der Waals surface area contributed by atoms with Gasteiger partial charge in [-0.05, 0) is 30.5 Å².